The van der Waals surface area contributed by atoms with Gasteiger partial charge in [-0.25, -0.2) is 0 Å². The summed E-state index contributed by atoms with van der Waals surface area (Å²) in [4.78, 5) is 2.65. The Balaban J connectivity index is 1.80. The Morgan fingerprint density at radius 2 is 2.00 bits per heavy atom. The number of hydrogen-bond acceptors (Lipinski definition) is 1. The second kappa shape index (κ2) is 6.23. The molecule has 21 heavy (non-hydrogen) atoms. The zero-order valence-electron chi connectivity index (χ0n) is 13.8. The molecule has 0 spiro atoms. The Morgan fingerprint density at radius 3 is 2.81 bits per heavy atom. The average Bonchev–Trinajstić information content (AvgIpc) is 2.76. The maximum absolute atomic E-state index is 2.65. The van der Waals surface area contributed by atoms with Crippen molar-refractivity contribution in [3.8, 4) is 0 Å². The third-order valence-electron chi connectivity index (χ3n) is 4.97. The lowest BCUT2D eigenvalue weighted by Gasteiger charge is -2.27. The number of benzene rings is 1. The van der Waals surface area contributed by atoms with Gasteiger partial charge in [-0.05, 0) is 37.6 Å². The van der Waals surface area contributed by atoms with E-state index < -0.39 is 0 Å². The predicted molar refractivity (Wildman–Crippen MR) is 90.8 cm³/mol. The maximum atomic E-state index is 2.65. The van der Waals surface area contributed by atoms with Crippen LogP contribution in [0.2, 0.25) is 0 Å². The van der Waals surface area contributed by atoms with Crippen LogP contribution >= 0.6 is 0 Å². The van der Waals surface area contributed by atoms with Gasteiger partial charge in [-0.15, -0.1) is 0 Å². The molecule has 1 aromatic carbocycles. The Hall–Kier alpha value is -1.28. The molecule has 1 aromatic heterocycles. The van der Waals surface area contributed by atoms with Crippen molar-refractivity contribution in [2.45, 2.75) is 52.5 Å². The SMILES string of the molecule is CCCCCCN1CCc2c(c3cc(C)ccc3n2C)C1. The minimum absolute atomic E-state index is 1.14. The summed E-state index contributed by atoms with van der Waals surface area (Å²) in [5, 5.41) is 1.48. The highest BCUT2D eigenvalue weighted by Crippen LogP contribution is 2.30. The van der Waals surface area contributed by atoms with Crippen LogP contribution in [0.15, 0.2) is 18.2 Å². The molecule has 0 saturated carbocycles. The topological polar surface area (TPSA) is 8.17 Å². The second-order valence-electron chi connectivity index (χ2n) is 6.59. The number of unbranched alkanes of at least 4 members (excludes halogenated alkanes) is 3. The van der Waals surface area contributed by atoms with E-state index in [1.54, 1.807) is 11.3 Å². The maximum Gasteiger partial charge on any atom is 0.0483 e. The molecule has 1 aliphatic rings. The van der Waals surface area contributed by atoms with Crippen LogP contribution < -0.4 is 0 Å². The van der Waals surface area contributed by atoms with Crippen molar-refractivity contribution in [1.82, 2.24) is 9.47 Å². The first-order chi connectivity index (χ1) is 10.2. The molecule has 0 unspecified atom stereocenters. The molecule has 0 N–H and O–H groups in total. The molecule has 1 aliphatic heterocycles. The van der Waals surface area contributed by atoms with Crippen LogP contribution in [-0.2, 0) is 20.0 Å². The monoisotopic (exact) mass is 284 g/mol. The van der Waals surface area contributed by atoms with Gasteiger partial charge in [-0.1, -0.05) is 37.8 Å². The van der Waals surface area contributed by atoms with E-state index >= 15 is 0 Å². The van der Waals surface area contributed by atoms with Crippen molar-refractivity contribution < 1.29 is 0 Å². The van der Waals surface area contributed by atoms with E-state index in [2.05, 4.69) is 48.6 Å². The summed E-state index contributed by atoms with van der Waals surface area (Å²) in [6.45, 7) is 8.11. The number of fused-ring (bicyclic) bond motifs is 3. The van der Waals surface area contributed by atoms with Crippen molar-refractivity contribution in [1.29, 1.82) is 0 Å². The van der Waals surface area contributed by atoms with Gasteiger partial charge in [0.1, 0.15) is 0 Å². The minimum Gasteiger partial charge on any atom is -0.347 e. The molecule has 0 fully saturated rings. The number of nitrogens with zero attached hydrogens (tertiary/aromatic N) is 2. The third-order valence-corrected chi connectivity index (χ3v) is 4.97. The summed E-state index contributed by atoms with van der Waals surface area (Å²) in [7, 11) is 2.23. The first kappa shape index (κ1) is 14.6. The lowest BCUT2D eigenvalue weighted by Crippen LogP contribution is -2.31. The van der Waals surface area contributed by atoms with Crippen molar-refractivity contribution >= 4 is 10.9 Å². The largest absolute Gasteiger partial charge is 0.347 e. The van der Waals surface area contributed by atoms with E-state index in [9.17, 15) is 0 Å². The van der Waals surface area contributed by atoms with Gasteiger partial charge < -0.3 is 4.57 Å². The van der Waals surface area contributed by atoms with E-state index in [1.165, 1.54) is 61.7 Å². The van der Waals surface area contributed by atoms with Gasteiger partial charge in [-0.2, -0.15) is 0 Å². The lowest BCUT2D eigenvalue weighted by atomic mass is 10.0. The molecule has 2 heterocycles. The van der Waals surface area contributed by atoms with Crippen LogP contribution in [0.25, 0.3) is 10.9 Å². The van der Waals surface area contributed by atoms with Gasteiger partial charge in [0.2, 0.25) is 0 Å². The quantitative estimate of drug-likeness (QED) is 0.738. The zero-order valence-corrected chi connectivity index (χ0v) is 13.8. The van der Waals surface area contributed by atoms with Gasteiger partial charge in [0.05, 0.1) is 0 Å². The van der Waals surface area contributed by atoms with Crippen molar-refractivity contribution in [3.63, 3.8) is 0 Å². The smallest absolute Gasteiger partial charge is 0.0483 e. The molecule has 0 saturated heterocycles. The van der Waals surface area contributed by atoms with E-state index in [0.717, 1.165) is 6.54 Å². The Labute approximate surface area is 128 Å². The summed E-state index contributed by atoms with van der Waals surface area (Å²) in [6.07, 6.45) is 6.65. The van der Waals surface area contributed by atoms with Crippen LogP contribution in [0.5, 0.6) is 0 Å². The molecule has 2 heteroatoms. The van der Waals surface area contributed by atoms with Crippen molar-refractivity contribution in [2.75, 3.05) is 13.1 Å². The van der Waals surface area contributed by atoms with Gasteiger partial charge >= 0.3 is 0 Å². The Bertz CT molecular complexity index is 624. The van der Waals surface area contributed by atoms with Crippen LogP contribution in [-0.4, -0.2) is 22.6 Å². The van der Waals surface area contributed by atoms with Gasteiger partial charge in [0, 0.05) is 43.2 Å². The number of hydrogen-bond donors (Lipinski definition) is 0. The molecule has 0 radical (unpaired) electrons. The van der Waals surface area contributed by atoms with Crippen LogP contribution in [0, 0.1) is 6.92 Å². The molecule has 3 rings (SSSR count). The van der Waals surface area contributed by atoms with E-state index in [0.29, 0.717) is 0 Å². The molecular weight excluding hydrogens is 256 g/mol. The van der Waals surface area contributed by atoms with Crippen LogP contribution in [0.1, 0.15) is 49.4 Å². The molecule has 0 aliphatic carbocycles. The molecule has 0 bridgehead atoms. The predicted octanol–water partition coefficient (Wildman–Crippen LogP) is 4.43. The number of rotatable bonds is 5. The number of aryl methyl sites for hydroxylation is 2. The first-order valence-corrected chi connectivity index (χ1v) is 8.50. The van der Waals surface area contributed by atoms with Crippen molar-refractivity contribution in [3.05, 3.63) is 35.0 Å². The second-order valence-corrected chi connectivity index (χ2v) is 6.59. The highest BCUT2D eigenvalue weighted by atomic mass is 15.1. The fraction of sp³-hybridized carbons (Fsp3) is 0.579. The summed E-state index contributed by atoms with van der Waals surface area (Å²) < 4.78 is 2.42. The lowest BCUT2D eigenvalue weighted by molar-refractivity contribution is 0.247. The van der Waals surface area contributed by atoms with Crippen LogP contribution in [0.4, 0.5) is 0 Å². The molecule has 2 aromatic rings. The minimum atomic E-state index is 1.14. The summed E-state index contributed by atoms with van der Waals surface area (Å²) >= 11 is 0. The normalized spacial score (nSPS) is 15.6. The van der Waals surface area contributed by atoms with E-state index in [1.807, 2.05) is 0 Å². The third kappa shape index (κ3) is 2.87. The number of aromatic nitrogens is 1. The standard InChI is InChI=1S/C19H28N2/c1-4-5-6-7-11-21-12-10-19-17(14-21)16-13-15(2)8-9-18(16)20(19)3/h8-9,13H,4-7,10-12,14H2,1-3H3. The summed E-state index contributed by atoms with van der Waals surface area (Å²) in [5.41, 5.74) is 5.91. The molecule has 114 valence electrons. The van der Waals surface area contributed by atoms with Crippen LogP contribution in [0.3, 0.4) is 0 Å². The highest BCUT2D eigenvalue weighted by Gasteiger charge is 2.22. The first-order valence-electron chi connectivity index (χ1n) is 8.50. The van der Waals surface area contributed by atoms with Gasteiger partial charge in [0.15, 0.2) is 0 Å². The molecule has 2 nitrogen and oxygen atoms in total. The summed E-state index contributed by atoms with van der Waals surface area (Å²) in [5.74, 6) is 0. The summed E-state index contributed by atoms with van der Waals surface area (Å²) in [6, 6.07) is 6.89. The van der Waals surface area contributed by atoms with Crippen molar-refractivity contribution in [2.24, 2.45) is 7.05 Å². The molecular formula is C19H28N2. The van der Waals surface area contributed by atoms with Gasteiger partial charge in [-0.3, -0.25) is 4.90 Å². The van der Waals surface area contributed by atoms with E-state index in [-0.39, 0.29) is 0 Å². The Kier molecular flexibility index (Phi) is 4.34. The van der Waals surface area contributed by atoms with E-state index in [4.69, 9.17) is 0 Å². The fourth-order valence-electron chi connectivity index (χ4n) is 3.70. The Morgan fingerprint density at radius 1 is 1.14 bits per heavy atom. The molecule has 0 atom stereocenters. The van der Waals surface area contributed by atoms with Gasteiger partial charge in [0.25, 0.3) is 0 Å². The average molecular weight is 284 g/mol. The zero-order chi connectivity index (χ0) is 14.8. The highest BCUT2D eigenvalue weighted by molar-refractivity contribution is 5.86. The molecule has 0 amide bonds. The fourth-order valence-corrected chi connectivity index (χ4v) is 3.70.